The van der Waals surface area contributed by atoms with Crippen LogP contribution >= 0.6 is 0 Å². The number of nitrogens with two attached hydrogens (primary N) is 1. The molecule has 0 unspecified atom stereocenters. The number of aliphatic carboxylic acids is 1. The van der Waals surface area contributed by atoms with Crippen molar-refractivity contribution in [1.82, 2.24) is 9.80 Å². The monoisotopic (exact) mass is 387 g/mol. The topological polar surface area (TPSA) is 114 Å². The Morgan fingerprint density at radius 2 is 1.64 bits per heavy atom. The van der Waals surface area contributed by atoms with Gasteiger partial charge in [-0.1, -0.05) is 0 Å². The van der Waals surface area contributed by atoms with Gasteiger partial charge in [0.25, 0.3) is 0 Å². The van der Waals surface area contributed by atoms with E-state index in [1.165, 1.54) is 0 Å². The number of nitrogens with one attached hydrogen (secondary N) is 1. The molecular weight excluding hydrogens is 358 g/mol. The third kappa shape index (κ3) is 4.37. The van der Waals surface area contributed by atoms with Crippen LogP contribution in [-0.2, 0) is 4.79 Å². The second-order valence-electron chi connectivity index (χ2n) is 7.67. The summed E-state index contributed by atoms with van der Waals surface area (Å²) in [5.74, 6) is -0.931. The second-order valence-corrected chi connectivity index (χ2v) is 7.67. The normalized spacial score (nSPS) is 22.6. The van der Waals surface area contributed by atoms with Crippen LogP contribution in [0.15, 0.2) is 24.3 Å². The van der Waals surface area contributed by atoms with Gasteiger partial charge in [-0.3, -0.25) is 10.2 Å². The number of carbonyl (C=O) groups is 2. The van der Waals surface area contributed by atoms with E-state index in [0.717, 1.165) is 31.6 Å². The van der Waals surface area contributed by atoms with E-state index >= 15 is 0 Å². The summed E-state index contributed by atoms with van der Waals surface area (Å²) in [7, 11) is 1.83. The van der Waals surface area contributed by atoms with Gasteiger partial charge in [0.1, 0.15) is 5.84 Å². The summed E-state index contributed by atoms with van der Waals surface area (Å²) in [5.41, 5.74) is 7.27. The van der Waals surface area contributed by atoms with Gasteiger partial charge in [-0.25, -0.2) is 4.79 Å². The maximum absolute atomic E-state index is 12.9. The average Bonchev–Trinajstić information content (AvgIpc) is 2.73. The zero-order valence-electron chi connectivity index (χ0n) is 16.3. The fourth-order valence-electron chi connectivity index (χ4n) is 4.10. The number of anilines is 1. The highest BCUT2D eigenvalue weighted by Crippen LogP contribution is 2.28. The molecule has 1 aromatic rings. The van der Waals surface area contributed by atoms with Gasteiger partial charge in [0.2, 0.25) is 0 Å². The van der Waals surface area contributed by atoms with E-state index in [1.807, 2.05) is 36.2 Å². The molecule has 0 atom stereocenters. The molecule has 4 N–H and O–H groups in total. The molecule has 2 amide bonds. The lowest BCUT2D eigenvalue weighted by molar-refractivity contribution is -0.143. The Kier molecular flexibility index (Phi) is 6.06. The molecule has 2 fully saturated rings. The lowest BCUT2D eigenvalue weighted by Gasteiger charge is -2.40. The Bertz CT molecular complexity index is 720. The lowest BCUT2D eigenvalue weighted by Crippen LogP contribution is -2.54. The van der Waals surface area contributed by atoms with Gasteiger partial charge >= 0.3 is 12.0 Å². The predicted molar refractivity (Wildman–Crippen MR) is 108 cm³/mol. The molecule has 1 saturated heterocycles. The Morgan fingerprint density at radius 1 is 1.07 bits per heavy atom. The number of amidine groups is 1. The molecule has 0 spiro atoms. The van der Waals surface area contributed by atoms with Crippen molar-refractivity contribution < 1.29 is 14.7 Å². The van der Waals surface area contributed by atoms with Crippen LogP contribution in [0.25, 0.3) is 0 Å². The Morgan fingerprint density at radius 3 is 2.14 bits per heavy atom. The number of nitrogen functional groups attached to an aromatic ring is 1. The minimum absolute atomic E-state index is 0.0327. The molecule has 8 nitrogen and oxygen atoms in total. The summed E-state index contributed by atoms with van der Waals surface area (Å²) in [5, 5.41) is 16.6. The quantitative estimate of drug-likeness (QED) is 0.538. The van der Waals surface area contributed by atoms with E-state index in [9.17, 15) is 9.59 Å². The summed E-state index contributed by atoms with van der Waals surface area (Å²) >= 11 is 0. The van der Waals surface area contributed by atoms with Crippen LogP contribution in [0.4, 0.5) is 10.5 Å². The molecule has 0 aromatic heterocycles. The molecule has 1 heterocycles. The highest BCUT2D eigenvalue weighted by atomic mass is 16.4. The smallest absolute Gasteiger partial charge is 0.320 e. The number of nitrogens with zero attached hydrogens (tertiary/aromatic N) is 3. The van der Waals surface area contributed by atoms with Crippen LogP contribution in [0.5, 0.6) is 0 Å². The Hall–Kier alpha value is -2.77. The first-order valence-corrected chi connectivity index (χ1v) is 9.80. The van der Waals surface area contributed by atoms with Crippen LogP contribution in [0.3, 0.4) is 0 Å². The molecular formula is C20H29N5O3. The molecule has 28 heavy (non-hydrogen) atoms. The number of piperazine rings is 1. The Labute approximate surface area is 165 Å². The summed E-state index contributed by atoms with van der Waals surface area (Å²) in [6, 6.07) is 7.76. The summed E-state index contributed by atoms with van der Waals surface area (Å²) in [4.78, 5) is 29.9. The van der Waals surface area contributed by atoms with Gasteiger partial charge in [0.05, 0.1) is 5.92 Å². The highest BCUT2D eigenvalue weighted by Gasteiger charge is 2.32. The van der Waals surface area contributed by atoms with E-state index in [2.05, 4.69) is 4.90 Å². The third-order valence-electron chi connectivity index (χ3n) is 5.99. The molecule has 1 aliphatic carbocycles. The van der Waals surface area contributed by atoms with Gasteiger partial charge < -0.3 is 25.5 Å². The number of urea groups is 1. The molecule has 8 heteroatoms. The minimum Gasteiger partial charge on any atom is -0.481 e. The largest absolute Gasteiger partial charge is 0.481 e. The average molecular weight is 387 g/mol. The molecule has 3 rings (SSSR count). The number of carboxylic acids is 1. The predicted octanol–water partition coefficient (Wildman–Crippen LogP) is 1.79. The molecule has 0 radical (unpaired) electrons. The molecule has 1 aliphatic heterocycles. The van der Waals surface area contributed by atoms with E-state index in [1.54, 1.807) is 4.90 Å². The number of amides is 2. The van der Waals surface area contributed by atoms with E-state index in [-0.39, 0.29) is 23.8 Å². The standard InChI is InChI=1S/C20H29N5O3/c1-23(16-6-4-15(5-7-16)19(26)27)20(28)25-12-10-24(11-13-25)17-8-2-14(3-9-17)18(21)22/h2-3,8-9,15-16H,4-7,10-13H2,1H3,(H3,21,22)(H,26,27). The van der Waals surface area contributed by atoms with Crippen molar-refractivity contribution in [2.75, 3.05) is 38.1 Å². The van der Waals surface area contributed by atoms with E-state index in [4.69, 9.17) is 16.2 Å². The van der Waals surface area contributed by atoms with Gasteiger partial charge in [-0.05, 0) is 49.9 Å². The Balaban J connectivity index is 1.50. The van der Waals surface area contributed by atoms with Gasteiger partial charge in [0, 0.05) is 50.5 Å². The number of benzene rings is 1. The first-order chi connectivity index (χ1) is 13.4. The summed E-state index contributed by atoms with van der Waals surface area (Å²) in [6.07, 6.45) is 2.78. The van der Waals surface area contributed by atoms with Crippen molar-refractivity contribution in [3.63, 3.8) is 0 Å². The van der Waals surface area contributed by atoms with Crippen LogP contribution in [0.1, 0.15) is 31.2 Å². The van der Waals surface area contributed by atoms with Gasteiger partial charge in [-0.15, -0.1) is 0 Å². The molecule has 152 valence electrons. The number of hydrogen-bond acceptors (Lipinski definition) is 4. The third-order valence-corrected chi connectivity index (χ3v) is 5.99. The molecule has 0 bridgehead atoms. The van der Waals surface area contributed by atoms with Crippen LogP contribution in [-0.4, -0.2) is 72.0 Å². The van der Waals surface area contributed by atoms with Crippen LogP contribution in [0.2, 0.25) is 0 Å². The van der Waals surface area contributed by atoms with E-state index in [0.29, 0.717) is 31.5 Å². The molecule has 2 aliphatic rings. The maximum Gasteiger partial charge on any atom is 0.320 e. The first kappa shape index (κ1) is 20.0. The fraction of sp³-hybridized carbons (Fsp3) is 0.550. The van der Waals surface area contributed by atoms with E-state index < -0.39 is 5.97 Å². The number of carboxylic acid groups (broad SMARTS) is 1. The fourth-order valence-corrected chi connectivity index (χ4v) is 4.10. The van der Waals surface area contributed by atoms with Crippen molar-refractivity contribution >= 4 is 23.5 Å². The number of rotatable bonds is 4. The first-order valence-electron chi connectivity index (χ1n) is 9.80. The van der Waals surface area contributed by atoms with Crippen molar-refractivity contribution in [1.29, 1.82) is 5.41 Å². The van der Waals surface area contributed by atoms with Crippen molar-refractivity contribution in [2.45, 2.75) is 31.7 Å². The van der Waals surface area contributed by atoms with Crippen LogP contribution in [0, 0.1) is 11.3 Å². The van der Waals surface area contributed by atoms with Crippen molar-refractivity contribution in [3.8, 4) is 0 Å². The molecule has 1 saturated carbocycles. The second kappa shape index (κ2) is 8.50. The number of hydrogen-bond donors (Lipinski definition) is 3. The number of carbonyl (C=O) groups excluding carboxylic acids is 1. The maximum atomic E-state index is 12.9. The van der Waals surface area contributed by atoms with Crippen LogP contribution < -0.4 is 10.6 Å². The van der Waals surface area contributed by atoms with Gasteiger partial charge in [0.15, 0.2) is 0 Å². The summed E-state index contributed by atoms with van der Waals surface area (Å²) in [6.45, 7) is 2.82. The zero-order chi connectivity index (χ0) is 20.3. The zero-order valence-corrected chi connectivity index (χ0v) is 16.3. The molecule has 1 aromatic carbocycles. The van der Waals surface area contributed by atoms with Crippen molar-refractivity contribution in [3.05, 3.63) is 29.8 Å². The SMILES string of the molecule is CN(C(=O)N1CCN(c2ccc(C(=N)N)cc2)CC1)C1CCC(C(=O)O)CC1. The lowest BCUT2D eigenvalue weighted by atomic mass is 9.85. The highest BCUT2D eigenvalue weighted by molar-refractivity contribution is 5.95. The summed E-state index contributed by atoms with van der Waals surface area (Å²) < 4.78 is 0. The minimum atomic E-state index is -0.722. The van der Waals surface area contributed by atoms with Crippen molar-refractivity contribution in [2.24, 2.45) is 11.7 Å². The van der Waals surface area contributed by atoms with Gasteiger partial charge in [-0.2, -0.15) is 0 Å².